The van der Waals surface area contributed by atoms with Crippen molar-refractivity contribution < 1.29 is 19.0 Å². The maximum absolute atomic E-state index is 11.8. The molecule has 1 amide bonds. The first-order valence-electron chi connectivity index (χ1n) is 6.11. The summed E-state index contributed by atoms with van der Waals surface area (Å²) in [6, 6.07) is 3.37. The molecule has 0 saturated carbocycles. The van der Waals surface area contributed by atoms with Crippen LogP contribution in [0.15, 0.2) is 12.1 Å². The van der Waals surface area contributed by atoms with Gasteiger partial charge in [0.1, 0.15) is 5.60 Å². The van der Waals surface area contributed by atoms with Crippen LogP contribution >= 0.6 is 11.6 Å². The van der Waals surface area contributed by atoms with Crippen molar-refractivity contribution >= 4 is 23.4 Å². The van der Waals surface area contributed by atoms with Crippen molar-refractivity contribution in [2.24, 2.45) is 0 Å². The predicted molar refractivity (Wildman–Crippen MR) is 79.0 cm³/mol. The standard InChI is InChI=1S/C14H20ClNO4/c1-14(2,3)20-13(17)16-10-7-12(19-5)11(18-4)6-9(10)8-15/h6-7H,8H2,1-5H3,(H,16,17). The lowest BCUT2D eigenvalue weighted by molar-refractivity contribution is 0.0636. The Morgan fingerprint density at radius 2 is 1.75 bits per heavy atom. The van der Waals surface area contributed by atoms with Crippen LogP contribution in [0.3, 0.4) is 0 Å². The van der Waals surface area contributed by atoms with Gasteiger partial charge >= 0.3 is 6.09 Å². The molecule has 0 aliphatic heterocycles. The summed E-state index contributed by atoms with van der Waals surface area (Å²) in [4.78, 5) is 11.8. The van der Waals surface area contributed by atoms with E-state index in [0.717, 1.165) is 5.56 Å². The molecule has 0 aromatic heterocycles. The highest BCUT2D eigenvalue weighted by atomic mass is 35.5. The Balaban J connectivity index is 3.02. The Morgan fingerprint density at radius 3 is 2.20 bits per heavy atom. The Hall–Kier alpha value is -1.62. The van der Waals surface area contributed by atoms with Gasteiger partial charge in [0.05, 0.1) is 19.9 Å². The summed E-state index contributed by atoms with van der Waals surface area (Å²) in [7, 11) is 3.06. The zero-order valence-corrected chi connectivity index (χ0v) is 13.1. The molecular weight excluding hydrogens is 282 g/mol. The third kappa shape index (κ3) is 4.49. The molecule has 0 bridgehead atoms. The van der Waals surface area contributed by atoms with E-state index in [1.807, 2.05) is 0 Å². The molecule has 112 valence electrons. The number of benzene rings is 1. The van der Waals surface area contributed by atoms with Gasteiger partial charge < -0.3 is 14.2 Å². The van der Waals surface area contributed by atoms with Crippen LogP contribution in [-0.4, -0.2) is 25.9 Å². The number of ether oxygens (including phenoxy) is 3. The number of alkyl halides is 1. The highest BCUT2D eigenvalue weighted by molar-refractivity contribution is 6.17. The minimum atomic E-state index is -0.568. The molecule has 6 heteroatoms. The first-order chi connectivity index (χ1) is 9.30. The van der Waals surface area contributed by atoms with Crippen LogP contribution in [0.5, 0.6) is 11.5 Å². The number of anilines is 1. The van der Waals surface area contributed by atoms with Gasteiger partial charge in [-0.25, -0.2) is 4.79 Å². The van der Waals surface area contributed by atoms with Crippen molar-refractivity contribution in [2.75, 3.05) is 19.5 Å². The number of rotatable bonds is 4. The van der Waals surface area contributed by atoms with E-state index < -0.39 is 11.7 Å². The van der Waals surface area contributed by atoms with Crippen molar-refractivity contribution in [3.63, 3.8) is 0 Å². The SMILES string of the molecule is COc1cc(CCl)c(NC(=O)OC(C)(C)C)cc1OC. The van der Waals surface area contributed by atoms with Crippen LogP contribution in [0.2, 0.25) is 0 Å². The summed E-state index contributed by atoms with van der Waals surface area (Å²) < 4.78 is 15.6. The maximum atomic E-state index is 11.8. The number of halogens is 1. The lowest BCUT2D eigenvalue weighted by Gasteiger charge is -2.21. The fourth-order valence-electron chi connectivity index (χ4n) is 1.56. The summed E-state index contributed by atoms with van der Waals surface area (Å²) in [5.41, 5.74) is 0.684. The molecule has 0 spiro atoms. The summed E-state index contributed by atoms with van der Waals surface area (Å²) in [5.74, 6) is 1.29. The second-order valence-electron chi connectivity index (χ2n) is 5.12. The zero-order valence-electron chi connectivity index (χ0n) is 12.4. The fraction of sp³-hybridized carbons (Fsp3) is 0.500. The second kappa shape index (κ2) is 6.70. The van der Waals surface area contributed by atoms with Gasteiger partial charge in [-0.1, -0.05) is 0 Å². The highest BCUT2D eigenvalue weighted by Crippen LogP contribution is 2.34. The molecule has 1 aromatic rings. The lowest BCUT2D eigenvalue weighted by atomic mass is 10.1. The van der Waals surface area contributed by atoms with Crippen molar-refractivity contribution in [3.05, 3.63) is 17.7 Å². The number of hydrogen-bond acceptors (Lipinski definition) is 4. The summed E-state index contributed by atoms with van der Waals surface area (Å²) >= 11 is 5.88. The van der Waals surface area contributed by atoms with Crippen LogP contribution in [0, 0.1) is 0 Å². The molecule has 0 atom stereocenters. The maximum Gasteiger partial charge on any atom is 0.412 e. The minimum Gasteiger partial charge on any atom is -0.493 e. The number of nitrogens with one attached hydrogen (secondary N) is 1. The molecule has 0 aliphatic carbocycles. The van der Waals surface area contributed by atoms with Gasteiger partial charge in [0, 0.05) is 11.9 Å². The normalized spacial score (nSPS) is 10.9. The van der Waals surface area contributed by atoms with Gasteiger partial charge in [0.15, 0.2) is 11.5 Å². The molecule has 0 unspecified atom stereocenters. The lowest BCUT2D eigenvalue weighted by Crippen LogP contribution is -2.27. The first-order valence-corrected chi connectivity index (χ1v) is 6.65. The minimum absolute atomic E-state index is 0.228. The predicted octanol–water partition coefficient (Wildman–Crippen LogP) is 3.79. The van der Waals surface area contributed by atoms with E-state index in [0.29, 0.717) is 17.2 Å². The number of carbonyl (C=O) groups is 1. The van der Waals surface area contributed by atoms with Crippen LogP contribution in [0.25, 0.3) is 0 Å². The van der Waals surface area contributed by atoms with Gasteiger partial charge in [-0.3, -0.25) is 5.32 Å². The molecule has 1 aromatic carbocycles. The van der Waals surface area contributed by atoms with Gasteiger partial charge in [-0.05, 0) is 32.4 Å². The van der Waals surface area contributed by atoms with E-state index >= 15 is 0 Å². The Labute approximate surface area is 124 Å². The average molecular weight is 302 g/mol. The second-order valence-corrected chi connectivity index (χ2v) is 5.39. The number of amides is 1. The average Bonchev–Trinajstić information content (AvgIpc) is 2.35. The van der Waals surface area contributed by atoms with Gasteiger partial charge in [0.2, 0.25) is 0 Å². The molecule has 0 fully saturated rings. The van der Waals surface area contributed by atoms with Crippen molar-refractivity contribution in [2.45, 2.75) is 32.3 Å². The van der Waals surface area contributed by atoms with Crippen molar-refractivity contribution in [1.29, 1.82) is 0 Å². The number of hydrogen-bond donors (Lipinski definition) is 1. The molecule has 20 heavy (non-hydrogen) atoms. The highest BCUT2D eigenvalue weighted by Gasteiger charge is 2.18. The van der Waals surface area contributed by atoms with Gasteiger partial charge in [-0.2, -0.15) is 0 Å². The molecule has 5 nitrogen and oxygen atoms in total. The van der Waals surface area contributed by atoms with Crippen molar-refractivity contribution in [3.8, 4) is 11.5 Å². The molecule has 1 rings (SSSR count). The number of carbonyl (C=O) groups excluding carboxylic acids is 1. The molecule has 0 aliphatic rings. The third-order valence-electron chi connectivity index (χ3n) is 2.39. The molecular formula is C14H20ClNO4. The van der Waals surface area contributed by atoms with E-state index in [2.05, 4.69) is 5.32 Å². The van der Waals surface area contributed by atoms with E-state index in [1.165, 1.54) is 14.2 Å². The topological polar surface area (TPSA) is 56.8 Å². The molecule has 0 radical (unpaired) electrons. The first kappa shape index (κ1) is 16.4. The van der Waals surface area contributed by atoms with Gasteiger partial charge in [-0.15, -0.1) is 11.6 Å². The fourth-order valence-corrected chi connectivity index (χ4v) is 1.78. The summed E-state index contributed by atoms with van der Waals surface area (Å²) in [6.07, 6.45) is -0.545. The van der Waals surface area contributed by atoms with E-state index in [9.17, 15) is 4.79 Å². The van der Waals surface area contributed by atoms with Crippen molar-refractivity contribution in [1.82, 2.24) is 0 Å². The number of methoxy groups -OCH3 is 2. The van der Waals surface area contributed by atoms with Crippen LogP contribution in [0.4, 0.5) is 10.5 Å². The Morgan fingerprint density at radius 1 is 1.20 bits per heavy atom. The Kier molecular flexibility index (Phi) is 5.51. The molecule has 1 N–H and O–H groups in total. The molecule has 0 saturated heterocycles. The third-order valence-corrected chi connectivity index (χ3v) is 2.68. The zero-order chi connectivity index (χ0) is 15.3. The quantitative estimate of drug-likeness (QED) is 0.860. The van der Waals surface area contributed by atoms with E-state index in [-0.39, 0.29) is 5.88 Å². The smallest absolute Gasteiger partial charge is 0.412 e. The van der Waals surface area contributed by atoms with E-state index in [1.54, 1.807) is 32.9 Å². The van der Waals surface area contributed by atoms with Crippen LogP contribution in [0.1, 0.15) is 26.3 Å². The monoisotopic (exact) mass is 301 g/mol. The van der Waals surface area contributed by atoms with Gasteiger partial charge in [0.25, 0.3) is 0 Å². The summed E-state index contributed by atoms with van der Waals surface area (Å²) in [5, 5.41) is 2.66. The Bertz CT molecular complexity index is 483. The molecule has 0 heterocycles. The van der Waals surface area contributed by atoms with Crippen LogP contribution in [-0.2, 0) is 10.6 Å². The summed E-state index contributed by atoms with van der Waals surface area (Å²) in [6.45, 7) is 5.39. The van der Waals surface area contributed by atoms with E-state index in [4.69, 9.17) is 25.8 Å². The largest absolute Gasteiger partial charge is 0.493 e. The van der Waals surface area contributed by atoms with Crippen LogP contribution < -0.4 is 14.8 Å².